The molecule has 144 valence electrons. The molecule has 3 aliphatic heterocycles. The van der Waals surface area contributed by atoms with Crippen LogP contribution in [-0.4, -0.2) is 86.3 Å². The molecule has 1 saturated carbocycles. The van der Waals surface area contributed by atoms with Gasteiger partial charge in [-0.3, -0.25) is 4.90 Å². The molecule has 0 aromatic heterocycles. The normalized spacial score (nSPS) is 33.6. The van der Waals surface area contributed by atoms with E-state index in [0.717, 1.165) is 18.6 Å². The molecule has 4 aliphatic rings. The van der Waals surface area contributed by atoms with Crippen LogP contribution in [0, 0.1) is 11.3 Å². The van der Waals surface area contributed by atoms with Crippen LogP contribution in [0.5, 0.6) is 0 Å². The SMILES string of the molecule is CC[C@H]1CN(C2CC3(CCN(CC4CCN(C)CC4)CC3)C2)CCO1. The van der Waals surface area contributed by atoms with Crippen LogP contribution in [0.2, 0.25) is 0 Å². The minimum Gasteiger partial charge on any atom is -0.376 e. The maximum Gasteiger partial charge on any atom is 0.0700 e. The van der Waals surface area contributed by atoms with E-state index in [-0.39, 0.29) is 0 Å². The van der Waals surface area contributed by atoms with Crippen molar-refractivity contribution in [3.05, 3.63) is 0 Å². The topological polar surface area (TPSA) is 19.0 Å². The van der Waals surface area contributed by atoms with Gasteiger partial charge in [0.15, 0.2) is 0 Å². The Labute approximate surface area is 154 Å². The molecular formula is C21H39N3O. The van der Waals surface area contributed by atoms with Crippen molar-refractivity contribution < 1.29 is 4.74 Å². The van der Waals surface area contributed by atoms with Crippen LogP contribution in [0.15, 0.2) is 0 Å². The van der Waals surface area contributed by atoms with Crippen molar-refractivity contribution >= 4 is 0 Å². The molecule has 1 aliphatic carbocycles. The van der Waals surface area contributed by atoms with E-state index in [4.69, 9.17) is 4.74 Å². The van der Waals surface area contributed by atoms with Gasteiger partial charge in [-0.2, -0.15) is 0 Å². The van der Waals surface area contributed by atoms with Crippen LogP contribution in [0.3, 0.4) is 0 Å². The van der Waals surface area contributed by atoms with Gasteiger partial charge in [-0.1, -0.05) is 6.92 Å². The first-order valence-corrected chi connectivity index (χ1v) is 10.9. The fraction of sp³-hybridized carbons (Fsp3) is 1.00. The molecule has 0 radical (unpaired) electrons. The Hall–Kier alpha value is -0.160. The lowest BCUT2D eigenvalue weighted by molar-refractivity contribution is -0.0989. The van der Waals surface area contributed by atoms with E-state index in [9.17, 15) is 0 Å². The van der Waals surface area contributed by atoms with Gasteiger partial charge in [-0.15, -0.1) is 0 Å². The summed E-state index contributed by atoms with van der Waals surface area (Å²) in [6.07, 6.45) is 10.3. The first-order chi connectivity index (χ1) is 12.2. The van der Waals surface area contributed by atoms with Gasteiger partial charge in [0.2, 0.25) is 0 Å². The number of morpholine rings is 1. The summed E-state index contributed by atoms with van der Waals surface area (Å²) in [6.45, 7) is 12.3. The Morgan fingerprint density at radius 1 is 1.00 bits per heavy atom. The predicted octanol–water partition coefficient (Wildman–Crippen LogP) is 2.68. The van der Waals surface area contributed by atoms with Crippen molar-refractivity contribution in [3.8, 4) is 0 Å². The minimum atomic E-state index is 0.488. The Kier molecular flexibility index (Phi) is 5.71. The summed E-state index contributed by atoms with van der Waals surface area (Å²) in [6, 6.07) is 0.860. The second kappa shape index (κ2) is 7.84. The van der Waals surface area contributed by atoms with Gasteiger partial charge in [-0.05, 0) is 89.5 Å². The fourth-order valence-corrected chi connectivity index (χ4v) is 5.75. The van der Waals surface area contributed by atoms with Crippen LogP contribution >= 0.6 is 0 Å². The summed E-state index contributed by atoms with van der Waals surface area (Å²) in [5.41, 5.74) is 0.702. The van der Waals surface area contributed by atoms with Crippen LogP contribution in [0.4, 0.5) is 0 Å². The predicted molar refractivity (Wildman–Crippen MR) is 103 cm³/mol. The summed E-state index contributed by atoms with van der Waals surface area (Å²) in [4.78, 5) is 8.02. The van der Waals surface area contributed by atoms with E-state index in [1.807, 2.05) is 0 Å². The number of ether oxygens (including phenoxy) is 1. The third-order valence-corrected chi connectivity index (χ3v) is 7.75. The van der Waals surface area contributed by atoms with Crippen LogP contribution in [-0.2, 0) is 4.74 Å². The molecule has 4 heteroatoms. The van der Waals surface area contributed by atoms with E-state index in [0.29, 0.717) is 11.5 Å². The Morgan fingerprint density at radius 3 is 2.40 bits per heavy atom. The highest BCUT2D eigenvalue weighted by Crippen LogP contribution is 2.51. The lowest BCUT2D eigenvalue weighted by Gasteiger charge is -2.56. The quantitative estimate of drug-likeness (QED) is 0.777. The number of piperidine rings is 2. The zero-order valence-electron chi connectivity index (χ0n) is 16.6. The monoisotopic (exact) mass is 349 g/mol. The van der Waals surface area contributed by atoms with E-state index in [1.54, 1.807) is 0 Å². The van der Waals surface area contributed by atoms with E-state index < -0.39 is 0 Å². The summed E-state index contributed by atoms with van der Waals surface area (Å²) in [7, 11) is 2.27. The molecule has 1 spiro atoms. The first-order valence-electron chi connectivity index (χ1n) is 10.9. The molecule has 1 atom stereocenters. The molecule has 0 amide bonds. The Balaban J connectivity index is 1.18. The molecule has 25 heavy (non-hydrogen) atoms. The molecule has 0 bridgehead atoms. The van der Waals surface area contributed by atoms with Gasteiger partial charge in [0.05, 0.1) is 12.7 Å². The molecular weight excluding hydrogens is 310 g/mol. The molecule has 4 rings (SSSR count). The summed E-state index contributed by atoms with van der Waals surface area (Å²) >= 11 is 0. The summed E-state index contributed by atoms with van der Waals surface area (Å²) < 4.78 is 5.85. The average molecular weight is 350 g/mol. The van der Waals surface area contributed by atoms with E-state index in [2.05, 4.69) is 28.7 Å². The van der Waals surface area contributed by atoms with Gasteiger partial charge < -0.3 is 14.5 Å². The molecule has 0 aromatic rings. The van der Waals surface area contributed by atoms with Crippen molar-refractivity contribution in [3.63, 3.8) is 0 Å². The van der Waals surface area contributed by atoms with Crippen molar-refractivity contribution in [1.29, 1.82) is 0 Å². The van der Waals surface area contributed by atoms with Crippen molar-refractivity contribution in [2.75, 3.05) is 59.5 Å². The summed E-state index contributed by atoms with van der Waals surface area (Å²) in [5.74, 6) is 0.957. The van der Waals surface area contributed by atoms with Crippen LogP contribution in [0.25, 0.3) is 0 Å². The van der Waals surface area contributed by atoms with E-state index >= 15 is 0 Å². The number of likely N-dealkylation sites (tertiary alicyclic amines) is 2. The van der Waals surface area contributed by atoms with Gasteiger partial charge >= 0.3 is 0 Å². The highest BCUT2D eigenvalue weighted by atomic mass is 16.5. The van der Waals surface area contributed by atoms with E-state index in [1.165, 1.54) is 90.8 Å². The maximum atomic E-state index is 5.85. The second-order valence-electron chi connectivity index (χ2n) is 9.51. The number of hydrogen-bond donors (Lipinski definition) is 0. The van der Waals surface area contributed by atoms with Gasteiger partial charge in [0.1, 0.15) is 0 Å². The molecule has 4 nitrogen and oxygen atoms in total. The summed E-state index contributed by atoms with van der Waals surface area (Å²) in [5, 5.41) is 0. The number of hydrogen-bond acceptors (Lipinski definition) is 4. The molecule has 0 aromatic carbocycles. The number of nitrogens with zero attached hydrogens (tertiary/aromatic N) is 3. The average Bonchev–Trinajstić information content (AvgIpc) is 2.62. The lowest BCUT2D eigenvalue weighted by atomic mass is 9.60. The van der Waals surface area contributed by atoms with Gasteiger partial charge in [0.25, 0.3) is 0 Å². The molecule has 4 fully saturated rings. The minimum absolute atomic E-state index is 0.488. The van der Waals surface area contributed by atoms with Gasteiger partial charge in [0, 0.05) is 25.7 Å². The number of rotatable bonds is 4. The fourth-order valence-electron chi connectivity index (χ4n) is 5.75. The first kappa shape index (κ1) is 18.2. The smallest absolute Gasteiger partial charge is 0.0700 e. The maximum absolute atomic E-state index is 5.85. The highest BCUT2D eigenvalue weighted by molar-refractivity contribution is 5.02. The molecule has 3 saturated heterocycles. The molecule has 3 heterocycles. The molecule has 0 unspecified atom stereocenters. The zero-order chi connectivity index (χ0) is 17.3. The second-order valence-corrected chi connectivity index (χ2v) is 9.51. The van der Waals surface area contributed by atoms with Crippen LogP contribution < -0.4 is 0 Å². The van der Waals surface area contributed by atoms with Gasteiger partial charge in [-0.25, -0.2) is 0 Å². The Morgan fingerprint density at radius 2 is 1.72 bits per heavy atom. The molecule has 0 N–H and O–H groups in total. The van der Waals surface area contributed by atoms with Crippen molar-refractivity contribution in [1.82, 2.24) is 14.7 Å². The van der Waals surface area contributed by atoms with Crippen LogP contribution in [0.1, 0.15) is 51.9 Å². The largest absolute Gasteiger partial charge is 0.376 e. The highest BCUT2D eigenvalue weighted by Gasteiger charge is 2.48. The van der Waals surface area contributed by atoms with Crippen molar-refractivity contribution in [2.24, 2.45) is 11.3 Å². The van der Waals surface area contributed by atoms with Crippen molar-refractivity contribution in [2.45, 2.75) is 64.0 Å². The third-order valence-electron chi connectivity index (χ3n) is 7.75. The standard InChI is InChI=1S/C21H39N3O/c1-3-20-17-24(12-13-25-20)19-14-21(15-19)6-10-23(11-7-21)16-18-4-8-22(2)9-5-18/h18-20H,3-17H2,1-2H3/t20-/m0/s1. The Bertz CT molecular complexity index is 419. The third kappa shape index (κ3) is 4.23. The zero-order valence-corrected chi connectivity index (χ0v) is 16.6. The lowest BCUT2D eigenvalue weighted by Crippen LogP contribution is -2.58.